The molecule has 0 radical (unpaired) electrons. The molecular formula is C31H27NO4. The van der Waals surface area contributed by atoms with E-state index in [1.165, 1.54) is 6.08 Å². The minimum atomic E-state index is -0.508. The van der Waals surface area contributed by atoms with E-state index in [2.05, 4.69) is 5.32 Å². The smallest absolute Gasteiger partial charge is 0.336 e. The summed E-state index contributed by atoms with van der Waals surface area (Å²) in [5.74, 6) is 0.375. The lowest BCUT2D eigenvalue weighted by Gasteiger charge is -2.09. The zero-order chi connectivity index (χ0) is 25.3. The first-order valence-corrected chi connectivity index (χ1v) is 11.6. The second kappa shape index (κ2) is 11.7. The lowest BCUT2D eigenvalue weighted by Crippen LogP contribution is -2.13. The molecule has 0 spiro atoms. The third-order valence-electron chi connectivity index (χ3n) is 5.51. The summed E-state index contributed by atoms with van der Waals surface area (Å²) >= 11 is 0. The van der Waals surface area contributed by atoms with Crippen LogP contribution >= 0.6 is 0 Å². The number of amides is 1. The highest BCUT2D eigenvalue weighted by Crippen LogP contribution is 2.19. The Morgan fingerprint density at radius 3 is 2.19 bits per heavy atom. The highest BCUT2D eigenvalue weighted by Gasteiger charge is 2.09. The van der Waals surface area contributed by atoms with Crippen LogP contribution in [0.4, 0.5) is 5.69 Å². The monoisotopic (exact) mass is 477 g/mol. The maximum absolute atomic E-state index is 12.5. The van der Waals surface area contributed by atoms with Crippen LogP contribution < -0.4 is 14.8 Å². The zero-order valence-electron chi connectivity index (χ0n) is 20.2. The second-order valence-corrected chi connectivity index (χ2v) is 8.39. The molecule has 36 heavy (non-hydrogen) atoms. The van der Waals surface area contributed by atoms with E-state index in [0.29, 0.717) is 17.9 Å². The fourth-order valence-corrected chi connectivity index (χ4v) is 3.55. The van der Waals surface area contributed by atoms with E-state index < -0.39 is 5.97 Å². The number of benzene rings is 4. The first-order valence-electron chi connectivity index (χ1n) is 11.6. The Balaban J connectivity index is 1.27. The molecule has 5 nitrogen and oxygen atoms in total. The lowest BCUT2D eigenvalue weighted by atomic mass is 10.1. The number of carbonyl (C=O) groups excluding carboxylic acids is 2. The molecule has 0 aromatic heterocycles. The fourth-order valence-electron chi connectivity index (χ4n) is 3.55. The van der Waals surface area contributed by atoms with Gasteiger partial charge < -0.3 is 14.8 Å². The molecule has 180 valence electrons. The van der Waals surface area contributed by atoms with Crippen molar-refractivity contribution in [3.05, 3.63) is 131 Å². The molecule has 4 aromatic carbocycles. The predicted octanol–water partition coefficient (Wildman–Crippen LogP) is 6.75. The SMILES string of the molecule is Cc1ccc(NC(=O)c2ccc(OC(=O)/C=C/c3ccc(OCc4ccccc4)cc3)cc2)c(C)c1. The summed E-state index contributed by atoms with van der Waals surface area (Å²) in [6.45, 7) is 4.45. The topological polar surface area (TPSA) is 64.6 Å². The summed E-state index contributed by atoms with van der Waals surface area (Å²) in [6, 6.07) is 29.7. The number of aryl methyl sites for hydroxylation is 2. The van der Waals surface area contributed by atoms with Crippen molar-refractivity contribution in [3.8, 4) is 11.5 Å². The van der Waals surface area contributed by atoms with Gasteiger partial charge in [-0.2, -0.15) is 0 Å². The van der Waals surface area contributed by atoms with Crippen LogP contribution in [0.3, 0.4) is 0 Å². The molecule has 0 bridgehead atoms. The summed E-state index contributed by atoms with van der Waals surface area (Å²) in [7, 11) is 0. The van der Waals surface area contributed by atoms with Crippen molar-refractivity contribution in [2.45, 2.75) is 20.5 Å². The standard InChI is InChI=1S/C31H27NO4/c1-22-8-18-29(23(2)20-22)32-31(34)26-12-16-28(17-13-26)36-30(33)19-11-24-9-14-27(15-10-24)35-21-25-6-4-3-5-7-25/h3-20H,21H2,1-2H3,(H,32,34)/b19-11+. The number of nitrogens with one attached hydrogen (secondary N) is 1. The first-order chi connectivity index (χ1) is 17.5. The average molecular weight is 478 g/mol. The Morgan fingerprint density at radius 2 is 1.50 bits per heavy atom. The van der Waals surface area contributed by atoms with Gasteiger partial charge in [-0.25, -0.2) is 4.79 Å². The van der Waals surface area contributed by atoms with Crippen LogP contribution in [0.1, 0.15) is 32.6 Å². The molecule has 1 N–H and O–H groups in total. The van der Waals surface area contributed by atoms with E-state index in [4.69, 9.17) is 9.47 Å². The third-order valence-corrected chi connectivity index (χ3v) is 5.51. The van der Waals surface area contributed by atoms with Gasteiger partial charge in [0.2, 0.25) is 0 Å². The predicted molar refractivity (Wildman–Crippen MR) is 142 cm³/mol. The number of carbonyl (C=O) groups is 2. The number of hydrogen-bond acceptors (Lipinski definition) is 4. The molecule has 5 heteroatoms. The normalized spacial score (nSPS) is 10.7. The highest BCUT2D eigenvalue weighted by molar-refractivity contribution is 6.04. The van der Waals surface area contributed by atoms with E-state index >= 15 is 0 Å². The quantitative estimate of drug-likeness (QED) is 0.173. The van der Waals surface area contributed by atoms with Gasteiger partial charge in [-0.15, -0.1) is 0 Å². The Bertz CT molecular complexity index is 1360. The maximum atomic E-state index is 12.5. The van der Waals surface area contributed by atoms with Crippen molar-refractivity contribution in [1.29, 1.82) is 0 Å². The zero-order valence-corrected chi connectivity index (χ0v) is 20.2. The van der Waals surface area contributed by atoms with Crippen molar-refractivity contribution >= 4 is 23.6 Å². The van der Waals surface area contributed by atoms with Crippen LogP contribution in [0.5, 0.6) is 11.5 Å². The average Bonchev–Trinajstić information content (AvgIpc) is 2.89. The van der Waals surface area contributed by atoms with Crippen LogP contribution in [0, 0.1) is 13.8 Å². The van der Waals surface area contributed by atoms with Gasteiger partial charge in [-0.1, -0.05) is 60.2 Å². The summed E-state index contributed by atoms with van der Waals surface area (Å²) in [5.41, 5.74) is 5.31. The van der Waals surface area contributed by atoms with Crippen LogP contribution in [-0.4, -0.2) is 11.9 Å². The second-order valence-electron chi connectivity index (χ2n) is 8.39. The molecule has 4 aromatic rings. The molecule has 1 amide bonds. The van der Waals surface area contributed by atoms with Gasteiger partial charge in [0.15, 0.2) is 0 Å². The Labute approximate surface area is 211 Å². The van der Waals surface area contributed by atoms with Crippen molar-refractivity contribution in [3.63, 3.8) is 0 Å². The molecule has 4 rings (SSSR count). The third kappa shape index (κ3) is 6.93. The van der Waals surface area contributed by atoms with Crippen LogP contribution in [-0.2, 0) is 11.4 Å². The lowest BCUT2D eigenvalue weighted by molar-refractivity contribution is -0.128. The molecule has 0 aliphatic rings. The number of ether oxygens (including phenoxy) is 2. The summed E-state index contributed by atoms with van der Waals surface area (Å²) in [5, 5.41) is 2.91. The Hall–Kier alpha value is -4.64. The molecule has 0 fully saturated rings. The minimum Gasteiger partial charge on any atom is -0.489 e. The van der Waals surface area contributed by atoms with Crippen molar-refractivity contribution in [2.75, 3.05) is 5.32 Å². The largest absolute Gasteiger partial charge is 0.489 e. The van der Waals surface area contributed by atoms with Crippen LogP contribution in [0.25, 0.3) is 6.08 Å². The minimum absolute atomic E-state index is 0.226. The molecule has 0 saturated carbocycles. The van der Waals surface area contributed by atoms with Crippen LogP contribution in [0.15, 0.2) is 103 Å². The Morgan fingerprint density at radius 1 is 0.806 bits per heavy atom. The molecular weight excluding hydrogens is 450 g/mol. The number of esters is 1. The van der Waals surface area contributed by atoms with Gasteiger partial charge in [0, 0.05) is 17.3 Å². The number of hydrogen-bond donors (Lipinski definition) is 1. The van der Waals surface area contributed by atoms with Gasteiger partial charge in [-0.05, 0) is 79.1 Å². The van der Waals surface area contributed by atoms with Gasteiger partial charge in [0.1, 0.15) is 18.1 Å². The van der Waals surface area contributed by atoms with Crippen molar-refractivity contribution < 1.29 is 19.1 Å². The first kappa shape index (κ1) is 24.5. The molecule has 0 atom stereocenters. The van der Waals surface area contributed by atoms with E-state index in [-0.39, 0.29) is 5.91 Å². The van der Waals surface area contributed by atoms with Crippen LogP contribution in [0.2, 0.25) is 0 Å². The van der Waals surface area contributed by atoms with E-state index in [0.717, 1.165) is 33.7 Å². The fraction of sp³-hybridized carbons (Fsp3) is 0.0968. The maximum Gasteiger partial charge on any atom is 0.336 e. The molecule has 0 saturated heterocycles. The molecule has 0 unspecified atom stereocenters. The van der Waals surface area contributed by atoms with Crippen molar-refractivity contribution in [1.82, 2.24) is 0 Å². The van der Waals surface area contributed by atoms with E-state index in [9.17, 15) is 9.59 Å². The number of anilines is 1. The summed E-state index contributed by atoms with van der Waals surface area (Å²) < 4.78 is 11.1. The number of rotatable bonds is 8. The van der Waals surface area contributed by atoms with Gasteiger partial charge in [0.05, 0.1) is 0 Å². The highest BCUT2D eigenvalue weighted by atomic mass is 16.5. The van der Waals surface area contributed by atoms with Gasteiger partial charge in [0.25, 0.3) is 5.91 Å². The van der Waals surface area contributed by atoms with E-state index in [1.54, 1.807) is 30.3 Å². The molecule has 0 aliphatic carbocycles. The molecule has 0 heterocycles. The van der Waals surface area contributed by atoms with Gasteiger partial charge in [-0.3, -0.25) is 4.79 Å². The van der Waals surface area contributed by atoms with Crippen molar-refractivity contribution in [2.24, 2.45) is 0 Å². The van der Waals surface area contributed by atoms with E-state index in [1.807, 2.05) is 86.6 Å². The molecule has 0 aliphatic heterocycles. The Kier molecular flexibility index (Phi) is 7.94. The summed E-state index contributed by atoms with van der Waals surface area (Å²) in [6.07, 6.45) is 3.04. The summed E-state index contributed by atoms with van der Waals surface area (Å²) in [4.78, 5) is 24.8. The van der Waals surface area contributed by atoms with Gasteiger partial charge >= 0.3 is 5.97 Å².